The standard InChI is InChI=1S/C20H16ClN3O3/c1-20(14-7-3-4-8-15(14)21)18(26)24(19(27)23-20)11-17(25)13-10-22-16-9-5-2-6-12(13)16/h2-10,22H,11H2,1H3,(H,23,27)/t20-/m1/s1. The van der Waals surface area contributed by atoms with Crippen LogP contribution in [0.3, 0.4) is 0 Å². The van der Waals surface area contributed by atoms with Crippen molar-refractivity contribution in [2.75, 3.05) is 6.54 Å². The molecule has 0 unspecified atom stereocenters. The molecule has 1 atom stereocenters. The average Bonchev–Trinajstić information content (AvgIpc) is 3.17. The third-order valence-electron chi connectivity index (χ3n) is 4.88. The predicted octanol–water partition coefficient (Wildman–Crippen LogP) is 3.47. The number of nitrogens with zero attached hydrogens (tertiary/aromatic N) is 1. The van der Waals surface area contributed by atoms with Crippen LogP contribution in [0.15, 0.2) is 54.7 Å². The Bertz CT molecular complexity index is 1090. The van der Waals surface area contributed by atoms with E-state index in [4.69, 9.17) is 11.6 Å². The van der Waals surface area contributed by atoms with Crippen LogP contribution >= 0.6 is 11.6 Å². The summed E-state index contributed by atoms with van der Waals surface area (Å²) >= 11 is 6.21. The molecule has 1 saturated heterocycles. The molecule has 0 radical (unpaired) electrons. The van der Waals surface area contributed by atoms with E-state index in [-0.39, 0.29) is 12.3 Å². The number of imide groups is 1. The van der Waals surface area contributed by atoms with E-state index in [1.165, 1.54) is 0 Å². The number of carbonyl (C=O) groups excluding carboxylic acids is 3. The van der Waals surface area contributed by atoms with Gasteiger partial charge in [0.15, 0.2) is 5.78 Å². The van der Waals surface area contributed by atoms with Gasteiger partial charge in [0.1, 0.15) is 5.54 Å². The van der Waals surface area contributed by atoms with Crippen LogP contribution in [0.2, 0.25) is 5.02 Å². The number of fused-ring (bicyclic) bond motifs is 1. The van der Waals surface area contributed by atoms with Crippen LogP contribution in [0.4, 0.5) is 4.79 Å². The Kier molecular flexibility index (Phi) is 4.00. The number of aromatic nitrogens is 1. The van der Waals surface area contributed by atoms with E-state index in [9.17, 15) is 14.4 Å². The van der Waals surface area contributed by atoms with Crippen molar-refractivity contribution in [1.29, 1.82) is 0 Å². The van der Waals surface area contributed by atoms with Crippen LogP contribution in [0, 0.1) is 0 Å². The second kappa shape index (κ2) is 6.25. The van der Waals surface area contributed by atoms with E-state index in [0.29, 0.717) is 16.1 Å². The molecule has 0 bridgehead atoms. The summed E-state index contributed by atoms with van der Waals surface area (Å²) in [5.41, 5.74) is 0.444. The number of rotatable bonds is 4. The predicted molar refractivity (Wildman–Crippen MR) is 102 cm³/mol. The fourth-order valence-corrected chi connectivity index (χ4v) is 3.75. The number of urea groups is 1. The first-order valence-corrected chi connectivity index (χ1v) is 8.78. The number of ketones is 1. The number of hydrogen-bond donors (Lipinski definition) is 2. The molecule has 7 heteroatoms. The fourth-order valence-electron chi connectivity index (χ4n) is 3.42. The minimum Gasteiger partial charge on any atom is -0.360 e. The maximum Gasteiger partial charge on any atom is 0.325 e. The highest BCUT2D eigenvalue weighted by molar-refractivity contribution is 6.32. The van der Waals surface area contributed by atoms with E-state index in [0.717, 1.165) is 15.8 Å². The maximum atomic E-state index is 13.0. The number of nitrogens with one attached hydrogen (secondary N) is 2. The molecule has 1 aromatic heterocycles. The third-order valence-corrected chi connectivity index (χ3v) is 5.21. The summed E-state index contributed by atoms with van der Waals surface area (Å²) in [5, 5.41) is 3.79. The van der Waals surface area contributed by atoms with Crippen LogP contribution in [-0.4, -0.2) is 34.2 Å². The largest absolute Gasteiger partial charge is 0.360 e. The Labute approximate surface area is 160 Å². The molecular weight excluding hydrogens is 366 g/mol. The first-order valence-electron chi connectivity index (χ1n) is 8.40. The summed E-state index contributed by atoms with van der Waals surface area (Å²) in [6.45, 7) is 1.25. The van der Waals surface area contributed by atoms with Crippen molar-refractivity contribution < 1.29 is 14.4 Å². The van der Waals surface area contributed by atoms with Gasteiger partial charge in [-0.05, 0) is 19.1 Å². The zero-order valence-corrected chi connectivity index (χ0v) is 15.2. The summed E-state index contributed by atoms with van der Waals surface area (Å²) < 4.78 is 0. The molecule has 0 spiro atoms. The molecule has 27 heavy (non-hydrogen) atoms. The van der Waals surface area contributed by atoms with Gasteiger partial charge in [-0.15, -0.1) is 0 Å². The molecule has 4 rings (SSSR count). The van der Waals surface area contributed by atoms with Crippen LogP contribution in [0.5, 0.6) is 0 Å². The quantitative estimate of drug-likeness (QED) is 0.536. The van der Waals surface area contributed by atoms with Crippen molar-refractivity contribution >= 4 is 40.2 Å². The van der Waals surface area contributed by atoms with E-state index >= 15 is 0 Å². The van der Waals surface area contributed by atoms with Crippen molar-refractivity contribution in [2.45, 2.75) is 12.5 Å². The maximum absolute atomic E-state index is 13.0. The first-order chi connectivity index (χ1) is 12.9. The van der Waals surface area contributed by atoms with E-state index < -0.39 is 17.5 Å². The van der Waals surface area contributed by atoms with Gasteiger partial charge in [0.2, 0.25) is 0 Å². The number of benzene rings is 2. The minimum absolute atomic E-state index is 0.320. The van der Waals surface area contributed by atoms with Gasteiger partial charge in [0, 0.05) is 33.2 Å². The molecule has 6 nitrogen and oxygen atoms in total. The summed E-state index contributed by atoms with van der Waals surface area (Å²) in [6.07, 6.45) is 1.60. The minimum atomic E-state index is -1.31. The number of Topliss-reactive ketones (excluding diaryl/α,β-unsaturated/α-hetero) is 1. The highest BCUT2D eigenvalue weighted by atomic mass is 35.5. The molecule has 0 saturated carbocycles. The number of hydrogen-bond acceptors (Lipinski definition) is 3. The van der Waals surface area contributed by atoms with Crippen LogP contribution < -0.4 is 5.32 Å². The van der Waals surface area contributed by atoms with Gasteiger partial charge >= 0.3 is 6.03 Å². The molecule has 0 aliphatic carbocycles. The molecule has 3 amide bonds. The summed E-state index contributed by atoms with van der Waals surface area (Å²) in [5.74, 6) is -0.826. The zero-order chi connectivity index (χ0) is 19.2. The highest BCUT2D eigenvalue weighted by Crippen LogP contribution is 2.33. The van der Waals surface area contributed by atoms with Crippen molar-refractivity contribution in [2.24, 2.45) is 0 Å². The third kappa shape index (κ3) is 2.69. The second-order valence-corrected chi connectivity index (χ2v) is 7.00. The van der Waals surface area contributed by atoms with Gasteiger partial charge in [-0.2, -0.15) is 0 Å². The number of aromatic amines is 1. The average molecular weight is 382 g/mol. The Morgan fingerprint density at radius 2 is 1.81 bits per heavy atom. The summed E-state index contributed by atoms with van der Waals surface area (Å²) in [6, 6.07) is 13.6. The van der Waals surface area contributed by atoms with Gasteiger partial charge in [-0.25, -0.2) is 4.79 Å². The van der Waals surface area contributed by atoms with Crippen molar-refractivity contribution in [3.63, 3.8) is 0 Å². The Balaban J connectivity index is 1.63. The van der Waals surface area contributed by atoms with E-state index in [1.54, 1.807) is 37.4 Å². The Morgan fingerprint density at radius 1 is 1.11 bits per heavy atom. The lowest BCUT2D eigenvalue weighted by molar-refractivity contribution is -0.130. The fraction of sp³-hybridized carbons (Fsp3) is 0.150. The van der Waals surface area contributed by atoms with Crippen molar-refractivity contribution in [3.05, 3.63) is 70.9 Å². The molecule has 1 fully saturated rings. The monoisotopic (exact) mass is 381 g/mol. The molecule has 2 N–H and O–H groups in total. The lowest BCUT2D eigenvalue weighted by Crippen LogP contribution is -2.41. The van der Waals surface area contributed by atoms with E-state index in [2.05, 4.69) is 10.3 Å². The number of carbonyl (C=O) groups is 3. The Hall–Kier alpha value is -3.12. The SMILES string of the molecule is C[C@]1(c2ccccc2Cl)NC(=O)N(CC(=O)c2c[nH]c3ccccc23)C1=O. The Morgan fingerprint density at radius 3 is 2.59 bits per heavy atom. The lowest BCUT2D eigenvalue weighted by atomic mass is 9.92. The van der Waals surface area contributed by atoms with E-state index in [1.807, 2.05) is 24.3 Å². The lowest BCUT2D eigenvalue weighted by Gasteiger charge is -2.23. The topological polar surface area (TPSA) is 82.3 Å². The molecular formula is C20H16ClN3O3. The second-order valence-electron chi connectivity index (χ2n) is 6.60. The highest BCUT2D eigenvalue weighted by Gasteiger charge is 2.50. The molecule has 2 heterocycles. The van der Waals surface area contributed by atoms with Gasteiger partial charge in [-0.1, -0.05) is 48.0 Å². The normalized spacial score (nSPS) is 19.6. The number of para-hydroxylation sites is 1. The molecule has 1 aliphatic heterocycles. The molecule has 1 aliphatic rings. The number of halogens is 1. The van der Waals surface area contributed by atoms with Crippen molar-refractivity contribution in [3.8, 4) is 0 Å². The molecule has 2 aromatic carbocycles. The summed E-state index contributed by atoms with van der Waals surface area (Å²) in [4.78, 5) is 42.2. The zero-order valence-electron chi connectivity index (χ0n) is 14.5. The molecule has 136 valence electrons. The smallest absolute Gasteiger partial charge is 0.325 e. The molecule has 3 aromatic rings. The summed E-state index contributed by atoms with van der Waals surface area (Å²) in [7, 11) is 0. The van der Waals surface area contributed by atoms with Crippen LogP contribution in [0.25, 0.3) is 10.9 Å². The van der Waals surface area contributed by atoms with Gasteiger partial charge in [-0.3, -0.25) is 14.5 Å². The van der Waals surface area contributed by atoms with Crippen LogP contribution in [0.1, 0.15) is 22.8 Å². The van der Waals surface area contributed by atoms with Gasteiger partial charge in [0.25, 0.3) is 5.91 Å². The van der Waals surface area contributed by atoms with Gasteiger partial charge in [0.05, 0.1) is 6.54 Å². The van der Waals surface area contributed by atoms with Crippen molar-refractivity contribution in [1.82, 2.24) is 15.2 Å². The van der Waals surface area contributed by atoms with Gasteiger partial charge < -0.3 is 10.3 Å². The number of H-pyrrole nitrogens is 1. The van der Waals surface area contributed by atoms with Crippen LogP contribution in [-0.2, 0) is 10.3 Å². The first kappa shape index (κ1) is 17.3. The number of amides is 3.